The van der Waals surface area contributed by atoms with E-state index >= 15 is 0 Å². The number of benzene rings is 2. The summed E-state index contributed by atoms with van der Waals surface area (Å²) in [7, 11) is 4.96. The van der Waals surface area contributed by atoms with Crippen molar-refractivity contribution in [2.24, 2.45) is 0 Å². The Balaban J connectivity index is 1.74. The SMILES string of the molecule is COCCCn1c(SCCOc2ccccc2C)nnc1-c1ccc(OC)c(OC)c1. The summed E-state index contributed by atoms with van der Waals surface area (Å²) in [5.41, 5.74) is 2.05. The second kappa shape index (κ2) is 11.6. The zero-order valence-electron chi connectivity index (χ0n) is 18.5. The van der Waals surface area contributed by atoms with Crippen molar-refractivity contribution in [1.82, 2.24) is 14.8 Å². The molecule has 0 fully saturated rings. The zero-order valence-corrected chi connectivity index (χ0v) is 19.3. The summed E-state index contributed by atoms with van der Waals surface area (Å²) in [5.74, 6) is 3.81. The predicted molar refractivity (Wildman–Crippen MR) is 122 cm³/mol. The van der Waals surface area contributed by atoms with Gasteiger partial charge in [-0.05, 0) is 43.2 Å². The molecule has 166 valence electrons. The fourth-order valence-electron chi connectivity index (χ4n) is 3.16. The Morgan fingerprint density at radius 1 is 0.903 bits per heavy atom. The third-order valence-electron chi connectivity index (χ3n) is 4.75. The Labute approximate surface area is 187 Å². The molecule has 0 amide bonds. The Hall–Kier alpha value is -2.71. The first-order valence-corrected chi connectivity index (χ1v) is 11.1. The van der Waals surface area contributed by atoms with Crippen molar-refractivity contribution < 1.29 is 18.9 Å². The molecule has 1 heterocycles. The van der Waals surface area contributed by atoms with E-state index in [2.05, 4.69) is 14.8 Å². The van der Waals surface area contributed by atoms with Gasteiger partial charge in [-0.1, -0.05) is 30.0 Å². The van der Waals surface area contributed by atoms with E-state index < -0.39 is 0 Å². The highest BCUT2D eigenvalue weighted by atomic mass is 32.2. The van der Waals surface area contributed by atoms with Crippen molar-refractivity contribution in [3.63, 3.8) is 0 Å². The van der Waals surface area contributed by atoms with E-state index in [1.807, 2.05) is 49.4 Å². The lowest BCUT2D eigenvalue weighted by molar-refractivity contribution is 0.189. The summed E-state index contributed by atoms with van der Waals surface area (Å²) >= 11 is 1.63. The van der Waals surface area contributed by atoms with Crippen LogP contribution in [0.5, 0.6) is 17.2 Å². The molecule has 0 saturated carbocycles. The number of methoxy groups -OCH3 is 3. The molecule has 0 bridgehead atoms. The number of hydrogen-bond acceptors (Lipinski definition) is 7. The van der Waals surface area contributed by atoms with Gasteiger partial charge in [-0.3, -0.25) is 0 Å². The Morgan fingerprint density at radius 2 is 1.71 bits per heavy atom. The first-order valence-electron chi connectivity index (χ1n) is 10.1. The highest BCUT2D eigenvalue weighted by molar-refractivity contribution is 7.99. The maximum absolute atomic E-state index is 5.92. The highest BCUT2D eigenvalue weighted by Crippen LogP contribution is 2.33. The van der Waals surface area contributed by atoms with Crippen molar-refractivity contribution in [3.8, 4) is 28.6 Å². The van der Waals surface area contributed by atoms with E-state index in [4.69, 9.17) is 18.9 Å². The first kappa shape index (κ1) is 23.0. The minimum atomic E-state index is 0.589. The van der Waals surface area contributed by atoms with E-state index in [-0.39, 0.29) is 0 Å². The van der Waals surface area contributed by atoms with Crippen LogP contribution >= 0.6 is 11.8 Å². The van der Waals surface area contributed by atoms with E-state index in [1.54, 1.807) is 33.1 Å². The fraction of sp³-hybridized carbons (Fsp3) is 0.391. The number of aromatic nitrogens is 3. The molecule has 0 spiro atoms. The van der Waals surface area contributed by atoms with Gasteiger partial charge in [0.2, 0.25) is 0 Å². The summed E-state index contributed by atoms with van der Waals surface area (Å²) in [6, 6.07) is 13.8. The van der Waals surface area contributed by atoms with Crippen molar-refractivity contribution >= 4 is 11.8 Å². The number of rotatable bonds is 12. The summed E-state index contributed by atoms with van der Waals surface area (Å²) in [6.07, 6.45) is 0.863. The van der Waals surface area contributed by atoms with Crippen LogP contribution in [0, 0.1) is 6.92 Å². The normalized spacial score (nSPS) is 10.8. The average Bonchev–Trinajstić information content (AvgIpc) is 3.20. The Kier molecular flexibility index (Phi) is 8.61. The summed E-state index contributed by atoms with van der Waals surface area (Å²) in [4.78, 5) is 0. The Morgan fingerprint density at radius 3 is 2.45 bits per heavy atom. The minimum absolute atomic E-state index is 0.589. The largest absolute Gasteiger partial charge is 0.493 e. The van der Waals surface area contributed by atoms with E-state index in [0.717, 1.165) is 46.6 Å². The van der Waals surface area contributed by atoms with Crippen LogP contribution in [0.25, 0.3) is 11.4 Å². The molecule has 0 aliphatic rings. The van der Waals surface area contributed by atoms with Crippen LogP contribution in [-0.4, -0.2) is 55.1 Å². The molecule has 8 heteroatoms. The average molecular weight is 444 g/mol. The van der Waals surface area contributed by atoms with Gasteiger partial charge in [0.1, 0.15) is 5.75 Å². The van der Waals surface area contributed by atoms with Crippen LogP contribution in [0.3, 0.4) is 0 Å². The zero-order chi connectivity index (χ0) is 22.1. The van der Waals surface area contributed by atoms with Gasteiger partial charge in [0, 0.05) is 31.6 Å². The summed E-state index contributed by atoms with van der Waals surface area (Å²) in [6.45, 7) is 4.06. The van der Waals surface area contributed by atoms with Gasteiger partial charge in [-0.2, -0.15) is 0 Å². The van der Waals surface area contributed by atoms with Gasteiger partial charge < -0.3 is 23.5 Å². The maximum atomic E-state index is 5.92. The second-order valence-corrected chi connectivity index (χ2v) is 7.90. The molecule has 7 nitrogen and oxygen atoms in total. The van der Waals surface area contributed by atoms with Gasteiger partial charge >= 0.3 is 0 Å². The van der Waals surface area contributed by atoms with Crippen molar-refractivity contribution in [3.05, 3.63) is 48.0 Å². The van der Waals surface area contributed by atoms with Crippen LogP contribution in [0.1, 0.15) is 12.0 Å². The number of hydrogen-bond donors (Lipinski definition) is 0. The van der Waals surface area contributed by atoms with Crippen molar-refractivity contribution in [2.75, 3.05) is 40.3 Å². The minimum Gasteiger partial charge on any atom is -0.493 e. The molecule has 0 aliphatic heterocycles. The van der Waals surface area contributed by atoms with Crippen LogP contribution in [0.4, 0.5) is 0 Å². The van der Waals surface area contributed by atoms with Crippen LogP contribution in [0.2, 0.25) is 0 Å². The fourth-order valence-corrected chi connectivity index (χ4v) is 3.94. The molecular weight excluding hydrogens is 414 g/mol. The number of thioether (sulfide) groups is 1. The molecule has 0 radical (unpaired) electrons. The van der Waals surface area contributed by atoms with E-state index in [1.165, 1.54) is 0 Å². The Bertz CT molecular complexity index is 977. The van der Waals surface area contributed by atoms with Gasteiger partial charge in [-0.25, -0.2) is 0 Å². The monoisotopic (exact) mass is 443 g/mol. The molecule has 0 atom stereocenters. The molecule has 0 unspecified atom stereocenters. The van der Waals surface area contributed by atoms with Gasteiger partial charge in [-0.15, -0.1) is 10.2 Å². The predicted octanol–water partition coefficient (Wildman–Crippen LogP) is 4.48. The van der Waals surface area contributed by atoms with Gasteiger partial charge in [0.15, 0.2) is 22.5 Å². The molecule has 0 saturated heterocycles. The molecule has 0 N–H and O–H groups in total. The quantitative estimate of drug-likeness (QED) is 0.302. The van der Waals surface area contributed by atoms with Gasteiger partial charge in [0.05, 0.1) is 20.8 Å². The lowest BCUT2D eigenvalue weighted by atomic mass is 10.2. The van der Waals surface area contributed by atoms with E-state index in [9.17, 15) is 0 Å². The van der Waals surface area contributed by atoms with Crippen LogP contribution in [0.15, 0.2) is 47.6 Å². The second-order valence-electron chi connectivity index (χ2n) is 6.84. The van der Waals surface area contributed by atoms with E-state index in [0.29, 0.717) is 24.7 Å². The summed E-state index contributed by atoms with van der Waals surface area (Å²) < 4.78 is 24.1. The first-order chi connectivity index (χ1) is 15.2. The molecule has 1 aromatic heterocycles. The summed E-state index contributed by atoms with van der Waals surface area (Å²) in [5, 5.41) is 9.76. The third kappa shape index (κ3) is 5.92. The standard InChI is InChI=1S/C23H29N3O4S/c1-17-8-5-6-9-19(17)30-14-15-31-23-25-24-22(26(23)12-7-13-27-2)18-10-11-20(28-3)21(16-18)29-4/h5-6,8-11,16H,7,12-15H2,1-4H3. The smallest absolute Gasteiger partial charge is 0.191 e. The maximum Gasteiger partial charge on any atom is 0.191 e. The van der Waals surface area contributed by atoms with Crippen molar-refractivity contribution in [1.29, 1.82) is 0 Å². The van der Waals surface area contributed by atoms with Crippen LogP contribution in [-0.2, 0) is 11.3 Å². The van der Waals surface area contributed by atoms with Gasteiger partial charge in [0.25, 0.3) is 0 Å². The number of para-hydroxylation sites is 1. The lowest BCUT2D eigenvalue weighted by Gasteiger charge is -2.12. The number of ether oxygens (including phenoxy) is 4. The highest BCUT2D eigenvalue weighted by Gasteiger charge is 2.16. The molecule has 2 aromatic carbocycles. The molecular formula is C23H29N3O4S. The number of nitrogens with zero attached hydrogens (tertiary/aromatic N) is 3. The van der Waals surface area contributed by atoms with Crippen LogP contribution < -0.4 is 14.2 Å². The number of aryl methyl sites for hydroxylation is 1. The molecule has 3 aromatic rings. The molecule has 31 heavy (non-hydrogen) atoms. The lowest BCUT2D eigenvalue weighted by Crippen LogP contribution is -2.07. The van der Waals surface area contributed by atoms with Crippen molar-refractivity contribution in [2.45, 2.75) is 25.0 Å². The molecule has 0 aliphatic carbocycles. The molecule has 3 rings (SSSR count). The topological polar surface area (TPSA) is 67.6 Å². The third-order valence-corrected chi connectivity index (χ3v) is 5.69.